The molecule has 18 heavy (non-hydrogen) atoms. The molecule has 1 aromatic rings. The van der Waals surface area contributed by atoms with Crippen molar-refractivity contribution >= 4 is 23.2 Å². The number of carbonyl (C=O) groups is 1. The number of halogens is 1. The third-order valence-electron chi connectivity index (χ3n) is 2.73. The van der Waals surface area contributed by atoms with Crippen LogP contribution in [0.1, 0.15) is 5.56 Å². The summed E-state index contributed by atoms with van der Waals surface area (Å²) < 4.78 is 0. The van der Waals surface area contributed by atoms with Crippen molar-refractivity contribution in [3.8, 4) is 6.07 Å². The van der Waals surface area contributed by atoms with Crippen molar-refractivity contribution in [2.45, 2.75) is 6.04 Å². The summed E-state index contributed by atoms with van der Waals surface area (Å²) in [6, 6.07) is 6.95. The van der Waals surface area contributed by atoms with Crippen LogP contribution in [-0.2, 0) is 4.79 Å². The van der Waals surface area contributed by atoms with Gasteiger partial charge in [-0.1, -0.05) is 11.6 Å². The topological polar surface area (TPSA) is 82.2 Å². The summed E-state index contributed by atoms with van der Waals surface area (Å²) in [6.45, 7) is 1.83. The molecule has 1 saturated heterocycles. The summed E-state index contributed by atoms with van der Waals surface area (Å²) in [5, 5.41) is 11.8. The van der Waals surface area contributed by atoms with Crippen molar-refractivity contribution < 1.29 is 4.79 Å². The first-order valence-corrected chi connectivity index (χ1v) is 5.93. The maximum atomic E-state index is 11.7. The molecule has 0 spiro atoms. The fourth-order valence-corrected chi connectivity index (χ4v) is 2.05. The zero-order valence-corrected chi connectivity index (χ0v) is 10.4. The van der Waals surface area contributed by atoms with Crippen LogP contribution in [0.5, 0.6) is 0 Å². The number of hydrogen-bond acceptors (Lipinski definition) is 4. The molecule has 1 aliphatic rings. The first-order valence-electron chi connectivity index (χ1n) is 5.56. The van der Waals surface area contributed by atoms with E-state index in [-0.39, 0.29) is 11.9 Å². The normalized spacial score (nSPS) is 15.8. The van der Waals surface area contributed by atoms with Crippen LogP contribution in [0.4, 0.5) is 5.69 Å². The zero-order chi connectivity index (χ0) is 13.1. The number of hydrogen-bond donors (Lipinski definition) is 2. The molecule has 0 unspecified atom stereocenters. The maximum absolute atomic E-state index is 11.7. The highest BCUT2D eigenvalue weighted by molar-refractivity contribution is 6.32. The molecule has 1 heterocycles. The molecule has 0 saturated carbocycles. The highest BCUT2D eigenvalue weighted by Gasteiger charge is 2.24. The summed E-state index contributed by atoms with van der Waals surface area (Å²) in [4.78, 5) is 13.6. The third kappa shape index (κ3) is 2.99. The summed E-state index contributed by atoms with van der Waals surface area (Å²) in [5.74, 6) is -0.109. The monoisotopic (exact) mass is 264 g/mol. The summed E-state index contributed by atoms with van der Waals surface area (Å²) in [5.41, 5.74) is 6.61. The lowest BCUT2D eigenvalue weighted by Crippen LogP contribution is -2.57. The zero-order valence-electron chi connectivity index (χ0n) is 9.69. The second-order valence-corrected chi connectivity index (χ2v) is 4.72. The van der Waals surface area contributed by atoms with E-state index in [0.29, 0.717) is 22.8 Å². The van der Waals surface area contributed by atoms with Gasteiger partial charge in [-0.25, -0.2) is 0 Å². The lowest BCUT2D eigenvalue weighted by atomic mass is 10.1. The molecule has 1 fully saturated rings. The van der Waals surface area contributed by atoms with E-state index in [9.17, 15) is 4.79 Å². The van der Waals surface area contributed by atoms with Crippen LogP contribution in [0, 0.1) is 11.3 Å². The number of nitrogens with zero attached hydrogens (tertiary/aromatic N) is 2. The smallest absolute Gasteiger partial charge is 0.238 e. The number of rotatable bonds is 3. The van der Waals surface area contributed by atoms with E-state index in [1.54, 1.807) is 18.2 Å². The molecule has 5 nitrogen and oxygen atoms in total. The average Bonchev–Trinajstić information content (AvgIpc) is 2.27. The molecule has 2 rings (SSSR count). The molecule has 1 aromatic carbocycles. The number of nitrogens with one attached hydrogen (secondary N) is 1. The number of amides is 1. The van der Waals surface area contributed by atoms with E-state index in [1.165, 1.54) is 0 Å². The Bertz CT molecular complexity index is 505. The summed E-state index contributed by atoms with van der Waals surface area (Å²) in [7, 11) is 0. The van der Waals surface area contributed by atoms with E-state index in [0.717, 1.165) is 13.1 Å². The lowest BCUT2D eigenvalue weighted by molar-refractivity contribution is -0.118. The molecule has 1 amide bonds. The second kappa shape index (κ2) is 5.36. The molecule has 94 valence electrons. The van der Waals surface area contributed by atoms with Gasteiger partial charge in [0.2, 0.25) is 5.91 Å². The molecule has 0 atom stereocenters. The Morgan fingerprint density at radius 1 is 1.61 bits per heavy atom. The molecule has 0 aliphatic carbocycles. The van der Waals surface area contributed by atoms with Crippen molar-refractivity contribution in [2.24, 2.45) is 5.73 Å². The SMILES string of the molecule is N#Cc1ccc(NC(=O)CN2CC(N)C2)cc1Cl. The van der Waals surface area contributed by atoms with Gasteiger partial charge in [0.05, 0.1) is 17.1 Å². The van der Waals surface area contributed by atoms with Gasteiger partial charge in [0.1, 0.15) is 6.07 Å². The van der Waals surface area contributed by atoms with Crippen LogP contribution < -0.4 is 11.1 Å². The highest BCUT2D eigenvalue weighted by atomic mass is 35.5. The first-order chi connectivity index (χ1) is 8.58. The average molecular weight is 265 g/mol. The summed E-state index contributed by atoms with van der Waals surface area (Å²) >= 11 is 5.88. The van der Waals surface area contributed by atoms with Crippen LogP contribution in [-0.4, -0.2) is 36.5 Å². The minimum atomic E-state index is -0.109. The lowest BCUT2D eigenvalue weighted by Gasteiger charge is -2.36. The van der Waals surface area contributed by atoms with Crippen LogP contribution in [0.3, 0.4) is 0 Å². The standard InChI is InChI=1S/C12H13ClN4O/c13-11-3-10(2-1-8(11)4-14)16-12(18)7-17-5-9(15)6-17/h1-3,9H,5-7,15H2,(H,16,18). The van der Waals surface area contributed by atoms with E-state index < -0.39 is 0 Å². The minimum Gasteiger partial charge on any atom is -0.325 e. The number of benzene rings is 1. The highest BCUT2D eigenvalue weighted by Crippen LogP contribution is 2.20. The van der Waals surface area contributed by atoms with E-state index in [1.807, 2.05) is 11.0 Å². The Kier molecular flexibility index (Phi) is 3.82. The number of anilines is 1. The van der Waals surface area contributed by atoms with E-state index in [4.69, 9.17) is 22.6 Å². The predicted octanol–water partition coefficient (Wildman–Crippen LogP) is 0.793. The van der Waals surface area contributed by atoms with Crippen LogP contribution in [0.25, 0.3) is 0 Å². The van der Waals surface area contributed by atoms with Crippen molar-refractivity contribution in [3.05, 3.63) is 28.8 Å². The molecular weight excluding hydrogens is 252 g/mol. The van der Waals surface area contributed by atoms with Crippen molar-refractivity contribution in [3.63, 3.8) is 0 Å². The van der Waals surface area contributed by atoms with Gasteiger partial charge in [0, 0.05) is 24.8 Å². The van der Waals surface area contributed by atoms with Crippen molar-refractivity contribution in [1.82, 2.24) is 4.90 Å². The van der Waals surface area contributed by atoms with Crippen LogP contribution >= 0.6 is 11.6 Å². The van der Waals surface area contributed by atoms with Crippen molar-refractivity contribution in [2.75, 3.05) is 25.0 Å². The Hall–Kier alpha value is -1.61. The van der Waals surface area contributed by atoms with E-state index >= 15 is 0 Å². The van der Waals surface area contributed by atoms with Gasteiger partial charge in [0.25, 0.3) is 0 Å². The molecule has 3 N–H and O–H groups in total. The van der Waals surface area contributed by atoms with Gasteiger partial charge < -0.3 is 11.1 Å². The molecule has 0 aromatic heterocycles. The fourth-order valence-electron chi connectivity index (χ4n) is 1.83. The third-order valence-corrected chi connectivity index (χ3v) is 3.04. The number of carbonyl (C=O) groups excluding carboxylic acids is 1. The second-order valence-electron chi connectivity index (χ2n) is 4.31. The number of nitrogens with two attached hydrogens (primary N) is 1. The van der Waals surface area contributed by atoms with Crippen molar-refractivity contribution in [1.29, 1.82) is 5.26 Å². The van der Waals surface area contributed by atoms with Crippen LogP contribution in [0.2, 0.25) is 5.02 Å². The maximum Gasteiger partial charge on any atom is 0.238 e. The molecule has 1 aliphatic heterocycles. The van der Waals surface area contributed by atoms with Crippen LogP contribution in [0.15, 0.2) is 18.2 Å². The van der Waals surface area contributed by atoms with Gasteiger partial charge in [0.15, 0.2) is 0 Å². The molecule has 0 bridgehead atoms. The number of nitriles is 1. The molecule has 6 heteroatoms. The molecule has 0 radical (unpaired) electrons. The molecular formula is C12H13ClN4O. The Labute approximate surface area is 110 Å². The minimum absolute atomic E-state index is 0.109. The Morgan fingerprint density at radius 2 is 2.33 bits per heavy atom. The first kappa shape index (κ1) is 12.8. The van der Waals surface area contributed by atoms with Gasteiger partial charge in [-0.05, 0) is 18.2 Å². The van der Waals surface area contributed by atoms with Gasteiger partial charge in [-0.15, -0.1) is 0 Å². The fraction of sp³-hybridized carbons (Fsp3) is 0.333. The predicted molar refractivity (Wildman–Crippen MR) is 69.2 cm³/mol. The van der Waals surface area contributed by atoms with Gasteiger partial charge in [-0.2, -0.15) is 5.26 Å². The Morgan fingerprint density at radius 3 is 2.89 bits per heavy atom. The Balaban J connectivity index is 1.91. The summed E-state index contributed by atoms with van der Waals surface area (Å²) in [6.07, 6.45) is 0. The van der Waals surface area contributed by atoms with Gasteiger partial charge in [-0.3, -0.25) is 9.69 Å². The van der Waals surface area contributed by atoms with E-state index in [2.05, 4.69) is 5.32 Å². The number of likely N-dealkylation sites (tertiary alicyclic amines) is 1. The largest absolute Gasteiger partial charge is 0.325 e. The van der Waals surface area contributed by atoms with Gasteiger partial charge >= 0.3 is 0 Å². The quantitative estimate of drug-likeness (QED) is 0.846.